The van der Waals surface area contributed by atoms with Crippen molar-refractivity contribution in [1.29, 1.82) is 0 Å². The summed E-state index contributed by atoms with van der Waals surface area (Å²) in [5.41, 5.74) is 2.20. The van der Waals surface area contributed by atoms with Crippen molar-refractivity contribution in [3.8, 4) is 0 Å². The summed E-state index contributed by atoms with van der Waals surface area (Å²) in [6, 6.07) is 17.6. The van der Waals surface area contributed by atoms with Crippen LogP contribution in [0, 0.1) is 12.7 Å². The molecule has 0 atom stereocenters. The monoisotopic (exact) mass is 391 g/mol. The van der Waals surface area contributed by atoms with E-state index in [0.717, 1.165) is 17.2 Å². The molecule has 3 aromatic rings. The number of hydrogen-bond donors (Lipinski definition) is 1. The van der Waals surface area contributed by atoms with Crippen molar-refractivity contribution in [2.45, 2.75) is 6.92 Å². The van der Waals surface area contributed by atoms with E-state index < -0.39 is 5.82 Å². The predicted molar refractivity (Wildman–Crippen MR) is 111 cm³/mol. The Hall–Kier alpha value is -3.48. The number of para-hydroxylation sites is 1. The fourth-order valence-corrected chi connectivity index (χ4v) is 3.34. The number of aryl methyl sites for hydroxylation is 1. The number of anilines is 3. The number of benzene rings is 2. The van der Waals surface area contributed by atoms with Gasteiger partial charge in [0.25, 0.3) is 5.91 Å². The number of aromatic nitrogens is 2. The van der Waals surface area contributed by atoms with Crippen LogP contribution in [0.1, 0.15) is 16.1 Å². The van der Waals surface area contributed by atoms with Gasteiger partial charge in [0.1, 0.15) is 11.6 Å². The van der Waals surface area contributed by atoms with Crippen molar-refractivity contribution in [3.63, 3.8) is 0 Å². The molecule has 0 unspecified atom stereocenters. The molecule has 148 valence electrons. The average Bonchev–Trinajstić information content (AvgIpc) is 2.74. The van der Waals surface area contributed by atoms with Gasteiger partial charge in [-0.15, -0.1) is 0 Å². The van der Waals surface area contributed by atoms with Crippen LogP contribution in [0.15, 0.2) is 60.7 Å². The van der Waals surface area contributed by atoms with Crippen LogP contribution in [0.5, 0.6) is 0 Å². The number of amides is 1. The lowest BCUT2D eigenvalue weighted by atomic mass is 10.2. The van der Waals surface area contributed by atoms with Gasteiger partial charge in [0, 0.05) is 49.2 Å². The van der Waals surface area contributed by atoms with Crippen LogP contribution >= 0.6 is 0 Å². The molecule has 1 aliphatic rings. The van der Waals surface area contributed by atoms with E-state index in [0.29, 0.717) is 37.7 Å². The van der Waals surface area contributed by atoms with Crippen molar-refractivity contribution in [2.24, 2.45) is 0 Å². The first-order valence-electron chi connectivity index (χ1n) is 9.56. The summed E-state index contributed by atoms with van der Waals surface area (Å²) >= 11 is 0. The zero-order valence-electron chi connectivity index (χ0n) is 16.2. The van der Waals surface area contributed by atoms with Gasteiger partial charge >= 0.3 is 0 Å². The van der Waals surface area contributed by atoms with E-state index in [1.807, 2.05) is 43.3 Å². The minimum Gasteiger partial charge on any atom is -0.340 e. The molecule has 1 aromatic heterocycles. The van der Waals surface area contributed by atoms with Crippen LogP contribution in [0.4, 0.5) is 21.8 Å². The van der Waals surface area contributed by atoms with Gasteiger partial charge in [0.05, 0.1) is 0 Å². The maximum Gasteiger partial charge on any atom is 0.254 e. The van der Waals surface area contributed by atoms with Crippen LogP contribution in [-0.2, 0) is 0 Å². The number of piperazine rings is 1. The fraction of sp³-hybridized carbons (Fsp3) is 0.227. The molecule has 1 fully saturated rings. The van der Waals surface area contributed by atoms with E-state index in [1.165, 1.54) is 12.1 Å². The van der Waals surface area contributed by atoms with Gasteiger partial charge in [-0.2, -0.15) is 4.98 Å². The zero-order chi connectivity index (χ0) is 20.2. The Morgan fingerprint density at radius 1 is 0.966 bits per heavy atom. The molecule has 0 aliphatic carbocycles. The Labute approximate surface area is 169 Å². The number of halogens is 1. The normalized spacial score (nSPS) is 14.0. The Morgan fingerprint density at radius 2 is 1.72 bits per heavy atom. The van der Waals surface area contributed by atoms with Gasteiger partial charge < -0.3 is 15.1 Å². The number of rotatable bonds is 4. The second kappa shape index (κ2) is 8.26. The molecule has 6 nitrogen and oxygen atoms in total. The number of carbonyl (C=O) groups is 1. The average molecular weight is 391 g/mol. The SMILES string of the molecule is Cc1cc(Nc2ccccc2)nc(N2CCN(C(=O)c3cccc(F)c3)CC2)n1. The molecule has 1 N–H and O–H groups in total. The topological polar surface area (TPSA) is 61.4 Å². The molecule has 2 heterocycles. The van der Waals surface area contributed by atoms with Crippen molar-refractivity contribution in [1.82, 2.24) is 14.9 Å². The lowest BCUT2D eigenvalue weighted by Gasteiger charge is -2.35. The summed E-state index contributed by atoms with van der Waals surface area (Å²) in [5.74, 6) is 0.820. The van der Waals surface area contributed by atoms with E-state index in [1.54, 1.807) is 17.0 Å². The van der Waals surface area contributed by atoms with Crippen molar-refractivity contribution < 1.29 is 9.18 Å². The van der Waals surface area contributed by atoms with E-state index in [-0.39, 0.29) is 5.91 Å². The highest BCUT2D eigenvalue weighted by Gasteiger charge is 2.24. The third-order valence-electron chi connectivity index (χ3n) is 4.81. The Balaban J connectivity index is 1.43. The van der Waals surface area contributed by atoms with E-state index >= 15 is 0 Å². The second-order valence-electron chi connectivity index (χ2n) is 6.98. The molecule has 29 heavy (non-hydrogen) atoms. The lowest BCUT2D eigenvalue weighted by molar-refractivity contribution is 0.0745. The first-order valence-corrected chi connectivity index (χ1v) is 9.56. The lowest BCUT2D eigenvalue weighted by Crippen LogP contribution is -2.49. The van der Waals surface area contributed by atoms with Crippen molar-refractivity contribution in [2.75, 3.05) is 36.4 Å². The molecule has 2 aromatic carbocycles. The molecule has 0 radical (unpaired) electrons. The molecular weight excluding hydrogens is 369 g/mol. The Kier molecular flexibility index (Phi) is 5.37. The Morgan fingerprint density at radius 3 is 2.45 bits per heavy atom. The van der Waals surface area contributed by atoms with Crippen LogP contribution < -0.4 is 10.2 Å². The van der Waals surface area contributed by atoms with Gasteiger partial charge in [-0.25, -0.2) is 9.37 Å². The summed E-state index contributed by atoms with van der Waals surface area (Å²) in [5, 5.41) is 3.30. The molecule has 1 saturated heterocycles. The first kappa shape index (κ1) is 18.9. The molecule has 1 amide bonds. The van der Waals surface area contributed by atoms with Crippen molar-refractivity contribution >= 4 is 23.4 Å². The minimum atomic E-state index is -0.402. The van der Waals surface area contributed by atoms with Gasteiger partial charge in [-0.1, -0.05) is 24.3 Å². The van der Waals surface area contributed by atoms with Gasteiger partial charge in [-0.05, 0) is 37.3 Å². The van der Waals surface area contributed by atoms with Crippen molar-refractivity contribution in [3.05, 3.63) is 77.7 Å². The molecule has 0 spiro atoms. The highest BCUT2D eigenvalue weighted by Crippen LogP contribution is 2.20. The first-order chi connectivity index (χ1) is 14.1. The van der Waals surface area contributed by atoms with Crippen LogP contribution in [0.25, 0.3) is 0 Å². The second-order valence-corrected chi connectivity index (χ2v) is 6.98. The van der Waals surface area contributed by atoms with Crippen LogP contribution in [-0.4, -0.2) is 47.0 Å². The van der Waals surface area contributed by atoms with Gasteiger partial charge in [0.15, 0.2) is 0 Å². The summed E-state index contributed by atoms with van der Waals surface area (Å²) in [4.78, 5) is 25.6. The summed E-state index contributed by atoms with van der Waals surface area (Å²) in [7, 11) is 0. The van der Waals surface area contributed by atoms with Gasteiger partial charge in [0.2, 0.25) is 5.95 Å². The number of nitrogens with zero attached hydrogens (tertiary/aromatic N) is 4. The number of carbonyl (C=O) groups excluding carboxylic acids is 1. The quantitative estimate of drug-likeness (QED) is 0.736. The Bertz CT molecular complexity index is 1000. The maximum absolute atomic E-state index is 13.4. The standard InChI is InChI=1S/C22H22FN5O/c1-16-14-20(25-19-8-3-2-4-9-19)26-22(24-16)28-12-10-27(11-13-28)21(29)17-6-5-7-18(23)15-17/h2-9,14-15H,10-13H2,1H3,(H,24,25,26). The van der Waals surface area contributed by atoms with Crippen LogP contribution in [0.2, 0.25) is 0 Å². The smallest absolute Gasteiger partial charge is 0.254 e. The predicted octanol–water partition coefficient (Wildman–Crippen LogP) is 3.63. The summed E-state index contributed by atoms with van der Waals surface area (Å²) in [6.07, 6.45) is 0. The molecular formula is C22H22FN5O. The largest absolute Gasteiger partial charge is 0.340 e. The molecule has 1 aliphatic heterocycles. The molecule has 7 heteroatoms. The summed E-state index contributed by atoms with van der Waals surface area (Å²) in [6.45, 7) is 4.25. The molecule has 0 saturated carbocycles. The van der Waals surface area contributed by atoms with E-state index in [2.05, 4.69) is 20.2 Å². The molecule has 4 rings (SSSR count). The number of hydrogen-bond acceptors (Lipinski definition) is 5. The van der Waals surface area contributed by atoms with Gasteiger partial charge in [-0.3, -0.25) is 4.79 Å². The highest BCUT2D eigenvalue weighted by molar-refractivity contribution is 5.94. The number of nitrogens with one attached hydrogen (secondary N) is 1. The third kappa shape index (κ3) is 4.51. The molecule has 0 bridgehead atoms. The summed E-state index contributed by atoms with van der Waals surface area (Å²) < 4.78 is 13.4. The fourth-order valence-electron chi connectivity index (χ4n) is 3.34. The van der Waals surface area contributed by atoms with Crippen LogP contribution in [0.3, 0.4) is 0 Å². The zero-order valence-corrected chi connectivity index (χ0v) is 16.2. The highest BCUT2D eigenvalue weighted by atomic mass is 19.1. The van der Waals surface area contributed by atoms with E-state index in [9.17, 15) is 9.18 Å². The minimum absolute atomic E-state index is 0.152. The maximum atomic E-state index is 13.4. The van der Waals surface area contributed by atoms with E-state index in [4.69, 9.17) is 0 Å². The third-order valence-corrected chi connectivity index (χ3v) is 4.81.